The van der Waals surface area contributed by atoms with Crippen LogP contribution >= 0.6 is 11.8 Å². The molecule has 1 N–H and O–H groups in total. The summed E-state index contributed by atoms with van der Waals surface area (Å²) < 4.78 is 40.9. The Morgan fingerprint density at radius 2 is 1.95 bits per heavy atom. The molecule has 2 aromatic rings. The van der Waals surface area contributed by atoms with E-state index in [1.54, 1.807) is 30.0 Å². The van der Waals surface area contributed by atoms with E-state index in [0.717, 1.165) is 21.8 Å². The predicted molar refractivity (Wildman–Crippen MR) is 86.7 cm³/mol. The molecule has 3 rings (SSSR count). The van der Waals surface area contributed by atoms with Crippen molar-refractivity contribution >= 4 is 21.8 Å². The average molecular weight is 337 g/mol. The predicted octanol–water partition coefficient (Wildman–Crippen LogP) is 3.48. The van der Waals surface area contributed by atoms with Crippen LogP contribution in [0.2, 0.25) is 0 Å². The lowest BCUT2D eigenvalue weighted by Gasteiger charge is -2.25. The molecule has 1 aliphatic rings. The molecular formula is C16H16FNO2S2. The number of hydrogen-bond donors (Lipinski definition) is 1. The maximum atomic E-state index is 13.5. The maximum Gasteiger partial charge on any atom is 0.216 e. The van der Waals surface area contributed by atoms with Gasteiger partial charge in [-0.1, -0.05) is 30.3 Å². The van der Waals surface area contributed by atoms with Crippen molar-refractivity contribution in [3.8, 4) is 0 Å². The summed E-state index contributed by atoms with van der Waals surface area (Å²) in [5.74, 6) is 0.410. The first-order valence-electron chi connectivity index (χ1n) is 7.00. The molecule has 0 aliphatic carbocycles. The number of hydrogen-bond acceptors (Lipinski definition) is 3. The van der Waals surface area contributed by atoms with Crippen LogP contribution < -0.4 is 4.72 Å². The van der Waals surface area contributed by atoms with Crippen LogP contribution in [0, 0.1) is 5.82 Å². The molecule has 3 nitrogen and oxygen atoms in total. The summed E-state index contributed by atoms with van der Waals surface area (Å²) in [5.41, 5.74) is 1.47. The van der Waals surface area contributed by atoms with Gasteiger partial charge in [-0.15, -0.1) is 11.8 Å². The van der Waals surface area contributed by atoms with Gasteiger partial charge in [-0.2, -0.15) is 0 Å². The Labute approximate surface area is 134 Å². The van der Waals surface area contributed by atoms with Gasteiger partial charge in [-0.05, 0) is 41.5 Å². The van der Waals surface area contributed by atoms with Crippen LogP contribution in [-0.4, -0.2) is 14.2 Å². The van der Waals surface area contributed by atoms with Crippen LogP contribution in [0.1, 0.15) is 23.6 Å². The Kier molecular flexibility index (Phi) is 4.52. The summed E-state index contributed by atoms with van der Waals surface area (Å²) in [5, 5.41) is 0. The second kappa shape index (κ2) is 6.40. The number of benzene rings is 2. The molecule has 6 heteroatoms. The first-order valence-corrected chi connectivity index (χ1v) is 9.63. The van der Waals surface area contributed by atoms with E-state index in [4.69, 9.17) is 0 Å². The quantitative estimate of drug-likeness (QED) is 0.929. The van der Waals surface area contributed by atoms with Gasteiger partial charge in [0.2, 0.25) is 10.0 Å². The van der Waals surface area contributed by atoms with E-state index < -0.39 is 10.0 Å². The third-order valence-electron chi connectivity index (χ3n) is 3.53. The third-order valence-corrected chi connectivity index (χ3v) is 6.01. The first-order chi connectivity index (χ1) is 10.5. The van der Waals surface area contributed by atoms with Crippen LogP contribution in [0.4, 0.5) is 4.39 Å². The molecule has 1 unspecified atom stereocenters. The van der Waals surface area contributed by atoms with Crippen molar-refractivity contribution in [2.24, 2.45) is 0 Å². The summed E-state index contributed by atoms with van der Waals surface area (Å²) in [6, 6.07) is 13.2. The molecule has 0 amide bonds. The molecule has 1 heterocycles. The molecule has 1 atom stereocenters. The average Bonchev–Trinajstić information content (AvgIpc) is 2.48. The van der Waals surface area contributed by atoms with Crippen molar-refractivity contribution in [1.29, 1.82) is 0 Å². The van der Waals surface area contributed by atoms with E-state index in [9.17, 15) is 12.8 Å². The summed E-state index contributed by atoms with van der Waals surface area (Å²) in [6.07, 6.45) is 0.662. The SMILES string of the molecule is O=S(=O)(Cc1ccccc1)NC1CCSc2ccc(F)cc21. The molecule has 0 aromatic heterocycles. The van der Waals surface area contributed by atoms with E-state index in [1.807, 2.05) is 18.2 Å². The summed E-state index contributed by atoms with van der Waals surface area (Å²) in [6.45, 7) is 0. The molecule has 116 valence electrons. The van der Waals surface area contributed by atoms with Gasteiger partial charge in [-0.25, -0.2) is 17.5 Å². The molecule has 0 fully saturated rings. The highest BCUT2D eigenvalue weighted by Crippen LogP contribution is 2.36. The van der Waals surface area contributed by atoms with E-state index in [-0.39, 0.29) is 17.6 Å². The molecule has 0 radical (unpaired) electrons. The molecule has 22 heavy (non-hydrogen) atoms. The Morgan fingerprint density at radius 1 is 1.18 bits per heavy atom. The summed E-state index contributed by atoms with van der Waals surface area (Å²) in [4.78, 5) is 0.945. The summed E-state index contributed by atoms with van der Waals surface area (Å²) in [7, 11) is -3.47. The normalized spacial score (nSPS) is 18.0. The zero-order chi connectivity index (χ0) is 15.6. The molecule has 0 spiro atoms. The zero-order valence-corrected chi connectivity index (χ0v) is 13.5. The number of thioether (sulfide) groups is 1. The van der Waals surface area contributed by atoms with Crippen molar-refractivity contribution in [3.63, 3.8) is 0 Å². The minimum absolute atomic E-state index is 0.0673. The number of nitrogens with one attached hydrogen (secondary N) is 1. The van der Waals surface area contributed by atoms with Crippen molar-refractivity contribution < 1.29 is 12.8 Å². The van der Waals surface area contributed by atoms with Gasteiger partial charge in [0.05, 0.1) is 5.75 Å². The van der Waals surface area contributed by atoms with Crippen LogP contribution in [0.25, 0.3) is 0 Å². The Morgan fingerprint density at radius 3 is 2.73 bits per heavy atom. The van der Waals surface area contributed by atoms with Gasteiger partial charge in [0.25, 0.3) is 0 Å². The second-order valence-corrected chi connectivity index (χ2v) is 8.13. The number of rotatable bonds is 4. The fraction of sp³-hybridized carbons (Fsp3) is 0.250. The molecule has 0 bridgehead atoms. The van der Waals surface area contributed by atoms with Gasteiger partial charge in [0.15, 0.2) is 0 Å². The van der Waals surface area contributed by atoms with Gasteiger partial charge in [-0.3, -0.25) is 0 Å². The van der Waals surface area contributed by atoms with Crippen LogP contribution in [-0.2, 0) is 15.8 Å². The lowest BCUT2D eigenvalue weighted by atomic mass is 10.0. The minimum atomic E-state index is -3.47. The topological polar surface area (TPSA) is 46.2 Å². The van der Waals surface area contributed by atoms with Crippen molar-refractivity contribution in [2.45, 2.75) is 23.1 Å². The largest absolute Gasteiger partial charge is 0.216 e. The Hall–Kier alpha value is -1.37. The molecule has 1 aliphatic heterocycles. The Balaban J connectivity index is 1.80. The highest BCUT2D eigenvalue weighted by Gasteiger charge is 2.25. The minimum Gasteiger partial charge on any atom is -0.212 e. The fourth-order valence-corrected chi connectivity index (χ4v) is 5.04. The summed E-state index contributed by atoms with van der Waals surface area (Å²) >= 11 is 1.63. The van der Waals surface area contributed by atoms with Crippen molar-refractivity contribution in [2.75, 3.05) is 5.75 Å². The van der Waals surface area contributed by atoms with Gasteiger partial charge in [0, 0.05) is 10.9 Å². The van der Waals surface area contributed by atoms with E-state index >= 15 is 0 Å². The lowest BCUT2D eigenvalue weighted by Crippen LogP contribution is -2.31. The van der Waals surface area contributed by atoms with E-state index in [0.29, 0.717) is 6.42 Å². The second-order valence-electron chi connectivity index (χ2n) is 5.23. The van der Waals surface area contributed by atoms with E-state index in [2.05, 4.69) is 4.72 Å². The first kappa shape index (κ1) is 15.5. The van der Waals surface area contributed by atoms with Gasteiger partial charge < -0.3 is 0 Å². The standard InChI is InChI=1S/C16H16FNO2S2/c17-13-6-7-16-14(10-13)15(8-9-21-16)18-22(19,20)11-12-4-2-1-3-5-12/h1-7,10,15,18H,8-9,11H2. The third kappa shape index (κ3) is 3.69. The highest BCUT2D eigenvalue weighted by atomic mass is 32.2. The fourth-order valence-electron chi connectivity index (χ4n) is 2.54. The van der Waals surface area contributed by atoms with Gasteiger partial charge >= 0.3 is 0 Å². The van der Waals surface area contributed by atoms with Gasteiger partial charge in [0.1, 0.15) is 5.82 Å². The molecule has 2 aromatic carbocycles. The lowest BCUT2D eigenvalue weighted by molar-refractivity contribution is 0.541. The van der Waals surface area contributed by atoms with Crippen LogP contribution in [0.15, 0.2) is 53.4 Å². The zero-order valence-electron chi connectivity index (χ0n) is 11.8. The number of halogens is 1. The smallest absolute Gasteiger partial charge is 0.212 e. The maximum absolute atomic E-state index is 13.5. The highest BCUT2D eigenvalue weighted by molar-refractivity contribution is 7.99. The molecular weight excluding hydrogens is 321 g/mol. The molecule has 0 saturated heterocycles. The van der Waals surface area contributed by atoms with Crippen molar-refractivity contribution in [1.82, 2.24) is 4.72 Å². The number of sulfonamides is 1. The monoisotopic (exact) mass is 337 g/mol. The molecule has 0 saturated carbocycles. The Bertz CT molecular complexity index is 763. The number of fused-ring (bicyclic) bond motifs is 1. The van der Waals surface area contributed by atoms with E-state index in [1.165, 1.54) is 12.1 Å². The van der Waals surface area contributed by atoms with Crippen LogP contribution in [0.3, 0.4) is 0 Å². The van der Waals surface area contributed by atoms with Crippen molar-refractivity contribution in [3.05, 3.63) is 65.5 Å². The van der Waals surface area contributed by atoms with Crippen LogP contribution in [0.5, 0.6) is 0 Å².